The van der Waals surface area contributed by atoms with Gasteiger partial charge in [0.2, 0.25) is 0 Å². The van der Waals surface area contributed by atoms with E-state index in [1.807, 2.05) is 18.5 Å². The van der Waals surface area contributed by atoms with Crippen molar-refractivity contribution in [1.29, 1.82) is 0 Å². The van der Waals surface area contributed by atoms with Crippen LogP contribution in [0.25, 0.3) is 0 Å². The maximum Gasteiger partial charge on any atom is 0.143 e. The minimum absolute atomic E-state index is 0.585. The average Bonchev–Trinajstić information content (AvgIpc) is 3.45. The van der Waals surface area contributed by atoms with Crippen molar-refractivity contribution < 1.29 is 0 Å². The number of pyridine rings is 1. The van der Waals surface area contributed by atoms with Crippen LogP contribution in [0.2, 0.25) is 0 Å². The summed E-state index contributed by atoms with van der Waals surface area (Å²) in [4.78, 5) is 4.09. The van der Waals surface area contributed by atoms with E-state index in [1.54, 1.807) is 0 Å². The van der Waals surface area contributed by atoms with Crippen LogP contribution in [0.15, 0.2) is 18.5 Å². The molecule has 12 heteroatoms. The van der Waals surface area contributed by atoms with Crippen LogP contribution in [-0.2, 0) is 0 Å². The summed E-state index contributed by atoms with van der Waals surface area (Å²) in [6, 6.07) is 3.99. The van der Waals surface area contributed by atoms with Crippen LogP contribution in [0, 0.1) is 6.92 Å². The normalized spacial score (nSPS) is 22.2. The number of hydrogen-bond acceptors (Lipinski definition) is 4. The Balaban J connectivity index is 0.000000169. The highest BCUT2D eigenvalue weighted by atomic mass is 29.2. The lowest BCUT2D eigenvalue weighted by Crippen LogP contribution is -2.59. The second-order valence-corrected chi connectivity index (χ2v) is 16.8. The maximum atomic E-state index is 4.09. The van der Waals surface area contributed by atoms with Crippen molar-refractivity contribution in [2.45, 2.75) is 70.4 Å². The summed E-state index contributed by atoms with van der Waals surface area (Å²) in [5, 5.41) is 0. The Hall–Kier alpha value is 0.605. The third kappa shape index (κ3) is 6.55. The Morgan fingerprint density at radius 3 is 1.79 bits per heavy atom. The fourth-order valence-electron chi connectivity index (χ4n) is 3.80. The van der Waals surface area contributed by atoms with Crippen LogP contribution in [0.4, 0.5) is 5.69 Å². The van der Waals surface area contributed by atoms with Gasteiger partial charge in [0.05, 0.1) is 0 Å². The van der Waals surface area contributed by atoms with Crippen LogP contribution in [0.3, 0.4) is 0 Å². The van der Waals surface area contributed by atoms with E-state index in [4.69, 9.17) is 0 Å². The summed E-state index contributed by atoms with van der Waals surface area (Å²) in [5.74, 6) is 0. The maximum absolute atomic E-state index is 4.09. The zero-order chi connectivity index (χ0) is 19.8. The summed E-state index contributed by atoms with van der Waals surface area (Å²) in [6.07, 6.45) is 15.7. The molecule has 0 amide bonds. The Kier molecular flexibility index (Phi) is 10.4. The smallest absolute Gasteiger partial charge is 0.143 e. The number of rotatable bonds is 5. The summed E-state index contributed by atoms with van der Waals surface area (Å²) in [6.45, 7) is 2.09. The molecule has 0 atom stereocenters. The average molecular weight is 497 g/mol. The van der Waals surface area contributed by atoms with Crippen LogP contribution in [0.1, 0.15) is 56.9 Å². The molecule has 28 heavy (non-hydrogen) atoms. The number of nitrogens with zero attached hydrogens (tertiary/aromatic N) is 4. The lowest BCUT2D eigenvalue weighted by Gasteiger charge is -2.38. The van der Waals surface area contributed by atoms with E-state index in [9.17, 15) is 0 Å². The number of anilines is 1. The van der Waals surface area contributed by atoms with Crippen molar-refractivity contribution >= 4 is 80.4 Å². The topological polar surface area (TPSA) is 22.6 Å². The van der Waals surface area contributed by atoms with Gasteiger partial charge in [0, 0.05) is 37.6 Å². The molecule has 0 N–H and O–H groups in total. The van der Waals surface area contributed by atoms with E-state index in [-0.39, 0.29) is 0 Å². The molecule has 1 aliphatic heterocycles. The highest BCUT2D eigenvalue weighted by Crippen LogP contribution is 2.25. The molecule has 4 nitrogen and oxygen atoms in total. The molecule has 1 aromatic heterocycles. The quantitative estimate of drug-likeness (QED) is 0.550. The molecule has 3 fully saturated rings. The second-order valence-electron chi connectivity index (χ2n) is 7.28. The fourth-order valence-corrected chi connectivity index (χ4v) is 19.4. The van der Waals surface area contributed by atoms with Crippen molar-refractivity contribution in [3.05, 3.63) is 24.0 Å². The number of aryl methyl sites for hydroxylation is 1. The molecule has 3 aliphatic rings. The predicted molar refractivity (Wildman–Crippen MR) is 126 cm³/mol. The van der Waals surface area contributed by atoms with E-state index < -0.39 is 0 Å². The summed E-state index contributed by atoms with van der Waals surface area (Å²) >= 11 is 0. The van der Waals surface area contributed by atoms with Gasteiger partial charge in [0.15, 0.2) is 0 Å². The van der Waals surface area contributed by atoms with Crippen molar-refractivity contribution in [2.75, 3.05) is 4.23 Å². The molecule has 140 valence electrons. The van der Waals surface area contributed by atoms with E-state index in [0.29, 0.717) is 18.4 Å². The van der Waals surface area contributed by atoms with Gasteiger partial charge in [-0.2, -0.15) is 0 Å². The first-order chi connectivity index (χ1) is 13.7. The van der Waals surface area contributed by atoms with Crippen molar-refractivity contribution in [3.63, 3.8) is 0 Å². The Morgan fingerprint density at radius 1 is 0.929 bits per heavy atom. The largest absolute Gasteiger partial charge is 0.431 e. The Labute approximate surface area is 191 Å². The first kappa shape index (κ1) is 23.3. The van der Waals surface area contributed by atoms with Crippen molar-refractivity contribution in [1.82, 2.24) is 13.4 Å². The Morgan fingerprint density at radius 2 is 1.39 bits per heavy atom. The lowest BCUT2D eigenvalue weighted by atomic mass is 10.3. The molecule has 4 rings (SSSR count). The first-order valence-electron chi connectivity index (χ1n) is 9.89. The minimum atomic E-state index is 0.585. The van der Waals surface area contributed by atoms with E-state index in [1.165, 1.54) is 62.6 Å². The molecule has 0 spiro atoms. The SMILES string of the molecule is C1CCC(N2[Si][Si]N(C3CCCC3)[Si][Si]2)C1.Cc1ccncc1N([Si][Si])[Si][Si]. The second kappa shape index (κ2) is 12.5. The van der Waals surface area contributed by atoms with Crippen LogP contribution in [0.5, 0.6) is 0 Å². The summed E-state index contributed by atoms with van der Waals surface area (Å²) < 4.78 is 7.90. The summed E-state index contributed by atoms with van der Waals surface area (Å²) in [5.41, 5.74) is 2.43. The van der Waals surface area contributed by atoms with Gasteiger partial charge in [-0.15, -0.1) is 0 Å². The zero-order valence-corrected chi connectivity index (χ0v) is 24.3. The van der Waals surface area contributed by atoms with Gasteiger partial charge in [-0.3, -0.25) is 4.98 Å². The highest BCUT2D eigenvalue weighted by Gasteiger charge is 2.32. The van der Waals surface area contributed by atoms with E-state index in [2.05, 4.69) is 44.1 Å². The van der Waals surface area contributed by atoms with Gasteiger partial charge in [-0.25, -0.2) is 0 Å². The van der Waals surface area contributed by atoms with Gasteiger partial charge in [0.1, 0.15) is 55.2 Å². The van der Waals surface area contributed by atoms with Gasteiger partial charge < -0.3 is 12.7 Å². The fraction of sp³-hybridized carbons (Fsp3) is 0.688. The van der Waals surface area contributed by atoms with Gasteiger partial charge in [-0.05, 0) is 56.3 Å². The van der Waals surface area contributed by atoms with Crippen molar-refractivity contribution in [2.24, 2.45) is 0 Å². The first-order valence-corrected chi connectivity index (χ1v) is 20.6. The molecule has 1 aromatic rings. The molecule has 0 unspecified atom stereocenters. The third-order valence-electron chi connectivity index (χ3n) is 5.44. The van der Waals surface area contributed by atoms with Crippen molar-refractivity contribution in [3.8, 4) is 0 Å². The molecule has 0 aromatic carbocycles. The standard InChI is InChI=1S/C10H18N2Si4.C6H6N2Si4/c1-2-6-9(5-1)11-13-15-12(16-14-11)10-7-3-4-8-10;1-5-2-3-7-4-6(5)8(11-9)12-10/h9-10H,1-8H2;2-4H,1H3. The minimum Gasteiger partial charge on any atom is -0.431 e. The molecular formula is C16H24N4Si8. The van der Waals surface area contributed by atoms with Crippen LogP contribution < -0.4 is 4.23 Å². The van der Waals surface area contributed by atoms with Gasteiger partial charge in [-0.1, -0.05) is 25.7 Å². The lowest BCUT2D eigenvalue weighted by molar-refractivity contribution is 0.464. The molecule has 0 bridgehead atoms. The number of hydrogen-bond donors (Lipinski definition) is 0. The molecule has 1 saturated heterocycles. The molecule has 18 radical (unpaired) electrons. The predicted octanol–water partition coefficient (Wildman–Crippen LogP) is 0.398. The monoisotopic (exact) mass is 496 g/mol. The summed E-state index contributed by atoms with van der Waals surface area (Å²) in [7, 11) is 12.7. The highest BCUT2D eigenvalue weighted by molar-refractivity contribution is 7.15. The molecule has 2 aliphatic carbocycles. The molecule has 2 heterocycles. The van der Waals surface area contributed by atoms with Crippen LogP contribution >= 0.6 is 0 Å². The Bertz CT molecular complexity index is 550. The molecule has 2 saturated carbocycles. The third-order valence-corrected chi connectivity index (χ3v) is 19.9. The van der Waals surface area contributed by atoms with Gasteiger partial charge in [0.25, 0.3) is 0 Å². The number of aromatic nitrogens is 1. The van der Waals surface area contributed by atoms with Gasteiger partial charge >= 0.3 is 0 Å². The van der Waals surface area contributed by atoms with E-state index in [0.717, 1.165) is 48.9 Å². The zero-order valence-electron chi connectivity index (χ0n) is 16.3. The van der Waals surface area contributed by atoms with Crippen LogP contribution in [-0.4, -0.2) is 100 Å². The molecular weight excluding hydrogens is 473 g/mol. The van der Waals surface area contributed by atoms with E-state index >= 15 is 0 Å².